The Morgan fingerprint density at radius 3 is 2.71 bits per heavy atom. The zero-order chi connectivity index (χ0) is 24.9. The normalized spacial score (nSPS) is 18.3. The van der Waals surface area contributed by atoms with Crippen LogP contribution in [0.1, 0.15) is 29.8 Å². The predicted octanol–water partition coefficient (Wildman–Crippen LogP) is 1.89. The van der Waals surface area contributed by atoms with Crippen LogP contribution in [0.3, 0.4) is 0 Å². The SMILES string of the molecule is COc1cccc2[nH]c(C(=O)NC(CS(C)(C)C)C(=O)NC(C#N)CC3CCCNC3=O)cc12. The van der Waals surface area contributed by atoms with E-state index < -0.39 is 33.9 Å². The van der Waals surface area contributed by atoms with Crippen molar-refractivity contribution in [1.82, 2.24) is 20.9 Å². The lowest BCUT2D eigenvalue weighted by molar-refractivity contribution is -0.128. The zero-order valence-electron chi connectivity index (χ0n) is 20.1. The molecule has 2 heterocycles. The fraction of sp³-hybridized carbons (Fsp3) is 0.500. The van der Waals surface area contributed by atoms with Gasteiger partial charge >= 0.3 is 0 Å². The molecule has 1 fully saturated rings. The summed E-state index contributed by atoms with van der Waals surface area (Å²) < 4.78 is 5.36. The number of nitrogens with one attached hydrogen (secondary N) is 4. The van der Waals surface area contributed by atoms with Crippen molar-refractivity contribution in [3.63, 3.8) is 0 Å². The number of methoxy groups -OCH3 is 1. The molecule has 1 aliphatic rings. The smallest absolute Gasteiger partial charge is 0.268 e. The Kier molecular flexibility index (Phi) is 8.10. The maximum absolute atomic E-state index is 13.2. The van der Waals surface area contributed by atoms with E-state index in [-0.39, 0.29) is 18.2 Å². The molecule has 1 saturated heterocycles. The highest BCUT2D eigenvalue weighted by molar-refractivity contribution is 8.32. The Labute approximate surface area is 201 Å². The number of H-pyrrole nitrogens is 1. The van der Waals surface area contributed by atoms with Gasteiger partial charge in [-0.25, -0.2) is 10.0 Å². The Balaban J connectivity index is 1.74. The molecule has 0 saturated carbocycles. The van der Waals surface area contributed by atoms with E-state index in [2.05, 4.69) is 45.8 Å². The minimum atomic E-state index is -1.16. The van der Waals surface area contributed by atoms with Crippen molar-refractivity contribution < 1.29 is 19.1 Å². The van der Waals surface area contributed by atoms with Crippen molar-refractivity contribution in [2.75, 3.05) is 38.2 Å². The van der Waals surface area contributed by atoms with Crippen LogP contribution < -0.4 is 20.7 Å². The van der Waals surface area contributed by atoms with Gasteiger partial charge in [-0.05, 0) is 56.2 Å². The molecule has 9 nitrogen and oxygen atoms in total. The molecule has 1 aromatic carbocycles. The second kappa shape index (κ2) is 10.8. The van der Waals surface area contributed by atoms with E-state index in [1.165, 1.54) is 0 Å². The van der Waals surface area contributed by atoms with Crippen LogP contribution in [0.4, 0.5) is 0 Å². The largest absolute Gasteiger partial charge is 0.496 e. The van der Waals surface area contributed by atoms with Crippen LogP contribution in [0.25, 0.3) is 10.9 Å². The van der Waals surface area contributed by atoms with Crippen molar-refractivity contribution >= 4 is 38.7 Å². The monoisotopic (exact) mass is 487 g/mol. The number of benzene rings is 1. The number of hydrogen-bond donors (Lipinski definition) is 4. The second-order valence-electron chi connectivity index (χ2n) is 9.44. The number of hydrogen-bond acceptors (Lipinski definition) is 5. The second-order valence-corrected chi connectivity index (χ2v) is 14.0. The fourth-order valence-electron chi connectivity index (χ4n) is 4.11. The van der Waals surface area contributed by atoms with Crippen molar-refractivity contribution in [2.45, 2.75) is 31.3 Å². The summed E-state index contributed by atoms with van der Waals surface area (Å²) in [7, 11) is 0.403. The van der Waals surface area contributed by atoms with Gasteiger partial charge in [0, 0.05) is 29.1 Å². The van der Waals surface area contributed by atoms with Crippen molar-refractivity contribution in [3.05, 3.63) is 30.0 Å². The third-order valence-electron chi connectivity index (χ3n) is 5.77. The molecule has 184 valence electrons. The number of fused-ring (bicyclic) bond motifs is 1. The van der Waals surface area contributed by atoms with Gasteiger partial charge in [-0.1, -0.05) is 6.07 Å². The molecule has 3 amide bonds. The number of carbonyl (C=O) groups excluding carboxylic acids is 3. The Bertz CT molecular complexity index is 1100. The first kappa shape index (κ1) is 25.4. The number of nitrogens with zero attached hydrogens (tertiary/aromatic N) is 1. The molecule has 3 rings (SSSR count). The van der Waals surface area contributed by atoms with Gasteiger partial charge < -0.3 is 25.7 Å². The molecule has 3 unspecified atom stereocenters. The van der Waals surface area contributed by atoms with Crippen LogP contribution in [-0.4, -0.2) is 73.0 Å². The number of aromatic amines is 1. The first-order chi connectivity index (χ1) is 16.1. The van der Waals surface area contributed by atoms with Gasteiger partial charge in [0.15, 0.2) is 0 Å². The average Bonchev–Trinajstić information content (AvgIpc) is 3.23. The summed E-state index contributed by atoms with van der Waals surface area (Å²) in [5.74, 6) is -0.129. The van der Waals surface area contributed by atoms with E-state index in [9.17, 15) is 19.6 Å². The third kappa shape index (κ3) is 6.44. The summed E-state index contributed by atoms with van der Waals surface area (Å²) >= 11 is 0. The third-order valence-corrected chi connectivity index (χ3v) is 7.10. The topological polar surface area (TPSA) is 136 Å². The lowest BCUT2D eigenvalue weighted by Crippen LogP contribution is -2.52. The summed E-state index contributed by atoms with van der Waals surface area (Å²) in [5.41, 5.74) is 1.07. The molecule has 10 heteroatoms. The molecule has 0 radical (unpaired) electrons. The van der Waals surface area contributed by atoms with Crippen molar-refractivity contribution in [2.24, 2.45) is 5.92 Å². The molecular weight excluding hydrogens is 454 g/mol. The van der Waals surface area contributed by atoms with Gasteiger partial charge in [0.2, 0.25) is 11.8 Å². The Hall–Kier alpha value is -3.19. The molecule has 0 spiro atoms. The van der Waals surface area contributed by atoms with Gasteiger partial charge in [-0.3, -0.25) is 14.4 Å². The molecular formula is C24H33N5O4S. The summed E-state index contributed by atoms with van der Waals surface area (Å²) in [6.07, 6.45) is 7.96. The molecule has 1 aliphatic heterocycles. The van der Waals surface area contributed by atoms with E-state index in [1.54, 1.807) is 13.2 Å². The van der Waals surface area contributed by atoms with Crippen LogP contribution in [0.2, 0.25) is 0 Å². The molecule has 0 aliphatic carbocycles. The van der Waals surface area contributed by atoms with Crippen molar-refractivity contribution in [1.29, 1.82) is 5.26 Å². The average molecular weight is 488 g/mol. The van der Waals surface area contributed by atoms with Crippen LogP contribution in [0.15, 0.2) is 24.3 Å². The van der Waals surface area contributed by atoms with Gasteiger partial charge in [0.05, 0.1) is 13.2 Å². The summed E-state index contributed by atoms with van der Waals surface area (Å²) in [4.78, 5) is 41.4. The zero-order valence-corrected chi connectivity index (χ0v) is 20.9. The highest BCUT2D eigenvalue weighted by Gasteiger charge is 2.30. The van der Waals surface area contributed by atoms with Gasteiger partial charge in [-0.2, -0.15) is 5.26 Å². The predicted molar refractivity (Wildman–Crippen MR) is 134 cm³/mol. The quantitative estimate of drug-likeness (QED) is 0.428. The fourth-order valence-corrected chi connectivity index (χ4v) is 5.34. The molecule has 2 aromatic rings. The number of nitriles is 1. The van der Waals surface area contributed by atoms with Crippen LogP contribution >= 0.6 is 10.0 Å². The number of amides is 3. The van der Waals surface area contributed by atoms with Gasteiger partial charge in [-0.15, -0.1) is 0 Å². The van der Waals surface area contributed by atoms with E-state index in [4.69, 9.17) is 4.74 Å². The molecule has 0 bridgehead atoms. The standard InChI is InChI=1S/C24H33N5O4S/c1-33-21-9-5-8-18-17(21)12-19(28-18)23(31)29-20(14-34(2,3)4)24(32)27-16(13-25)11-15-7-6-10-26-22(15)30/h5,8-9,12,15-16,20,28H,6-7,10-11,14H2,1-4H3,(H,26,30)(H,27,32)(H,29,31). The summed E-state index contributed by atoms with van der Waals surface area (Å²) in [6.45, 7) is 0.640. The number of rotatable bonds is 9. The highest BCUT2D eigenvalue weighted by Crippen LogP contribution is 2.35. The first-order valence-corrected chi connectivity index (χ1v) is 14.2. The number of piperidine rings is 1. The number of aromatic nitrogens is 1. The highest BCUT2D eigenvalue weighted by atomic mass is 32.3. The van der Waals surface area contributed by atoms with E-state index in [0.717, 1.165) is 17.3 Å². The van der Waals surface area contributed by atoms with Crippen molar-refractivity contribution in [3.8, 4) is 11.8 Å². The Morgan fingerprint density at radius 1 is 1.29 bits per heavy atom. The first-order valence-electron chi connectivity index (χ1n) is 11.2. The van der Waals surface area contributed by atoms with E-state index in [1.807, 2.05) is 18.2 Å². The van der Waals surface area contributed by atoms with Crippen LogP contribution in [0.5, 0.6) is 5.75 Å². The maximum Gasteiger partial charge on any atom is 0.268 e. The van der Waals surface area contributed by atoms with E-state index in [0.29, 0.717) is 30.2 Å². The summed E-state index contributed by atoms with van der Waals surface area (Å²) in [5, 5.41) is 18.8. The summed E-state index contributed by atoms with van der Waals surface area (Å²) in [6, 6.07) is 7.65. The van der Waals surface area contributed by atoms with E-state index >= 15 is 0 Å². The minimum Gasteiger partial charge on any atom is -0.496 e. The number of ether oxygens (including phenoxy) is 1. The number of carbonyl (C=O) groups is 3. The molecule has 4 N–H and O–H groups in total. The maximum atomic E-state index is 13.2. The molecule has 34 heavy (non-hydrogen) atoms. The van der Waals surface area contributed by atoms with Crippen LogP contribution in [-0.2, 0) is 9.59 Å². The van der Waals surface area contributed by atoms with Crippen LogP contribution in [0, 0.1) is 17.2 Å². The molecule has 1 aromatic heterocycles. The minimum absolute atomic E-state index is 0.0843. The van der Waals surface area contributed by atoms with Gasteiger partial charge in [0.1, 0.15) is 23.5 Å². The molecule has 3 atom stereocenters. The lowest BCUT2D eigenvalue weighted by Gasteiger charge is -2.31. The van der Waals surface area contributed by atoms with Gasteiger partial charge in [0.25, 0.3) is 5.91 Å². The lowest BCUT2D eigenvalue weighted by atomic mass is 9.92. The Morgan fingerprint density at radius 2 is 2.06 bits per heavy atom.